The number of methoxy groups -OCH3 is 2. The lowest BCUT2D eigenvalue weighted by Gasteiger charge is -2.06. The summed E-state index contributed by atoms with van der Waals surface area (Å²) in [5.74, 6) is 0.820. The molecule has 0 fully saturated rings. The number of nitriles is 1. The molecule has 122 valence electrons. The molecule has 2 aromatic carbocycles. The molecule has 0 aliphatic heterocycles. The van der Waals surface area contributed by atoms with Crippen molar-refractivity contribution in [3.63, 3.8) is 0 Å². The molecular formula is C19H17NO4. The van der Waals surface area contributed by atoms with Crippen LogP contribution < -0.4 is 9.47 Å². The molecule has 0 saturated heterocycles. The number of hydrogen-bond acceptors (Lipinski definition) is 5. The molecule has 0 unspecified atom stereocenters. The van der Waals surface area contributed by atoms with Crippen LogP contribution in [0.3, 0.4) is 0 Å². The van der Waals surface area contributed by atoms with E-state index >= 15 is 0 Å². The minimum absolute atomic E-state index is 0.149. The Morgan fingerprint density at radius 3 is 2.25 bits per heavy atom. The maximum atomic E-state index is 11.8. The molecule has 0 radical (unpaired) electrons. The molecule has 0 amide bonds. The van der Waals surface area contributed by atoms with Gasteiger partial charge < -0.3 is 14.2 Å². The van der Waals surface area contributed by atoms with Gasteiger partial charge in [0.05, 0.1) is 25.9 Å². The third kappa shape index (κ3) is 4.89. The number of ether oxygens (including phenoxy) is 3. The first-order chi connectivity index (χ1) is 11.6. The Bertz CT molecular complexity index is 751. The zero-order valence-corrected chi connectivity index (χ0v) is 13.5. The van der Waals surface area contributed by atoms with Crippen LogP contribution >= 0.6 is 0 Å². The van der Waals surface area contributed by atoms with E-state index in [9.17, 15) is 4.79 Å². The number of carbonyl (C=O) groups excluding carboxylic acids is 1. The minimum atomic E-state index is -0.457. The van der Waals surface area contributed by atoms with Gasteiger partial charge in [-0.05, 0) is 41.5 Å². The van der Waals surface area contributed by atoms with Crippen molar-refractivity contribution >= 4 is 12.0 Å². The van der Waals surface area contributed by atoms with Crippen molar-refractivity contribution in [2.45, 2.75) is 6.61 Å². The predicted molar refractivity (Wildman–Crippen MR) is 89.5 cm³/mol. The van der Waals surface area contributed by atoms with Gasteiger partial charge in [-0.25, -0.2) is 4.79 Å². The van der Waals surface area contributed by atoms with Gasteiger partial charge in [-0.1, -0.05) is 12.1 Å². The van der Waals surface area contributed by atoms with Gasteiger partial charge in [-0.3, -0.25) is 0 Å². The summed E-state index contributed by atoms with van der Waals surface area (Å²) in [5, 5.41) is 8.74. The monoisotopic (exact) mass is 323 g/mol. The number of rotatable bonds is 6. The molecule has 0 saturated carbocycles. The molecule has 0 aromatic heterocycles. The standard InChI is InChI=1S/C19H17NO4/c1-22-17-9-16(10-18(11-17)23-2)7-8-19(21)24-13-15-5-3-14(12-20)4-6-15/h3-11H,13H2,1-2H3/b8-7+. The molecule has 24 heavy (non-hydrogen) atoms. The van der Waals surface area contributed by atoms with E-state index in [0.29, 0.717) is 17.1 Å². The fraction of sp³-hybridized carbons (Fsp3) is 0.158. The van der Waals surface area contributed by atoms with Crippen LogP contribution in [0.5, 0.6) is 11.5 Å². The summed E-state index contributed by atoms with van der Waals surface area (Å²) in [6.07, 6.45) is 2.98. The van der Waals surface area contributed by atoms with Gasteiger partial charge in [0.1, 0.15) is 18.1 Å². The van der Waals surface area contributed by atoms with Crippen molar-refractivity contribution < 1.29 is 19.0 Å². The van der Waals surface area contributed by atoms with Gasteiger partial charge in [-0.15, -0.1) is 0 Å². The molecule has 5 heteroatoms. The van der Waals surface area contributed by atoms with Gasteiger partial charge in [0.2, 0.25) is 0 Å². The summed E-state index contributed by atoms with van der Waals surface area (Å²) < 4.78 is 15.5. The largest absolute Gasteiger partial charge is 0.497 e. The van der Waals surface area contributed by atoms with Crippen molar-refractivity contribution in [2.24, 2.45) is 0 Å². The summed E-state index contributed by atoms with van der Waals surface area (Å²) in [6, 6.07) is 14.2. The topological polar surface area (TPSA) is 68.5 Å². The van der Waals surface area contributed by atoms with Crippen molar-refractivity contribution in [3.05, 3.63) is 65.2 Å². The van der Waals surface area contributed by atoms with Gasteiger partial charge >= 0.3 is 5.97 Å². The van der Waals surface area contributed by atoms with Crippen LogP contribution in [0.25, 0.3) is 6.08 Å². The number of nitrogens with zero attached hydrogens (tertiary/aromatic N) is 1. The second-order valence-corrected chi connectivity index (χ2v) is 4.90. The van der Waals surface area contributed by atoms with E-state index in [0.717, 1.165) is 11.1 Å². The van der Waals surface area contributed by atoms with Crippen LogP contribution in [-0.2, 0) is 16.1 Å². The van der Waals surface area contributed by atoms with Gasteiger partial charge in [0, 0.05) is 12.1 Å². The van der Waals surface area contributed by atoms with Crippen LogP contribution in [0, 0.1) is 11.3 Å². The summed E-state index contributed by atoms with van der Waals surface area (Å²) in [7, 11) is 3.13. The maximum Gasteiger partial charge on any atom is 0.331 e. The van der Waals surface area contributed by atoms with E-state index in [2.05, 4.69) is 0 Å². The van der Waals surface area contributed by atoms with Crippen molar-refractivity contribution in [1.82, 2.24) is 0 Å². The van der Waals surface area contributed by atoms with Crippen molar-refractivity contribution in [3.8, 4) is 17.6 Å². The van der Waals surface area contributed by atoms with Gasteiger partial charge in [0.15, 0.2) is 0 Å². The minimum Gasteiger partial charge on any atom is -0.497 e. The third-order valence-electron chi connectivity index (χ3n) is 3.25. The van der Waals surface area contributed by atoms with E-state index < -0.39 is 5.97 Å². The summed E-state index contributed by atoms with van der Waals surface area (Å²) >= 11 is 0. The SMILES string of the molecule is COc1cc(/C=C/C(=O)OCc2ccc(C#N)cc2)cc(OC)c1. The van der Waals surface area contributed by atoms with E-state index in [-0.39, 0.29) is 6.61 Å². The van der Waals surface area contributed by atoms with Crippen LogP contribution in [0.2, 0.25) is 0 Å². The Balaban J connectivity index is 1.96. The maximum absolute atomic E-state index is 11.8. The van der Waals surface area contributed by atoms with Crippen LogP contribution in [0.4, 0.5) is 0 Å². The summed E-state index contributed by atoms with van der Waals surface area (Å²) in [4.78, 5) is 11.8. The zero-order chi connectivity index (χ0) is 17.4. The van der Waals surface area contributed by atoms with Gasteiger partial charge in [-0.2, -0.15) is 5.26 Å². The number of hydrogen-bond donors (Lipinski definition) is 0. The average molecular weight is 323 g/mol. The first-order valence-corrected chi connectivity index (χ1v) is 7.21. The number of esters is 1. The first-order valence-electron chi connectivity index (χ1n) is 7.21. The van der Waals surface area contributed by atoms with Crippen LogP contribution in [-0.4, -0.2) is 20.2 Å². The first kappa shape index (κ1) is 17.1. The van der Waals surface area contributed by atoms with E-state index in [1.54, 1.807) is 62.8 Å². The highest BCUT2D eigenvalue weighted by Crippen LogP contribution is 2.23. The average Bonchev–Trinajstić information content (AvgIpc) is 2.64. The smallest absolute Gasteiger partial charge is 0.331 e. The van der Waals surface area contributed by atoms with E-state index in [4.69, 9.17) is 19.5 Å². The predicted octanol–water partition coefficient (Wildman–Crippen LogP) is 3.33. The fourth-order valence-electron chi connectivity index (χ4n) is 1.97. The normalized spacial score (nSPS) is 10.2. The third-order valence-corrected chi connectivity index (χ3v) is 3.25. The summed E-state index contributed by atoms with van der Waals surface area (Å²) in [5.41, 5.74) is 2.15. The highest BCUT2D eigenvalue weighted by Gasteiger charge is 2.02. The Kier molecular flexibility index (Phi) is 5.98. The molecule has 2 aromatic rings. The fourth-order valence-corrected chi connectivity index (χ4v) is 1.97. The second kappa shape index (κ2) is 8.39. The molecule has 0 heterocycles. The van der Waals surface area contributed by atoms with Crippen molar-refractivity contribution in [1.29, 1.82) is 5.26 Å². The quantitative estimate of drug-likeness (QED) is 0.602. The molecule has 0 aliphatic rings. The second-order valence-electron chi connectivity index (χ2n) is 4.90. The Morgan fingerprint density at radius 2 is 1.71 bits per heavy atom. The zero-order valence-electron chi connectivity index (χ0n) is 13.5. The number of carbonyl (C=O) groups is 1. The molecule has 0 atom stereocenters. The molecular weight excluding hydrogens is 306 g/mol. The van der Waals surface area contributed by atoms with Crippen molar-refractivity contribution in [2.75, 3.05) is 14.2 Å². The molecule has 0 aliphatic carbocycles. The lowest BCUT2D eigenvalue weighted by Crippen LogP contribution is -2.00. The lowest BCUT2D eigenvalue weighted by atomic mass is 10.1. The lowest BCUT2D eigenvalue weighted by molar-refractivity contribution is -0.138. The molecule has 0 N–H and O–H groups in total. The van der Waals surface area contributed by atoms with Gasteiger partial charge in [0.25, 0.3) is 0 Å². The Labute approximate surface area is 140 Å². The highest BCUT2D eigenvalue weighted by molar-refractivity contribution is 5.87. The summed E-state index contributed by atoms with van der Waals surface area (Å²) in [6.45, 7) is 0.149. The van der Waals surface area contributed by atoms with E-state index in [1.807, 2.05) is 6.07 Å². The molecule has 0 spiro atoms. The molecule has 2 rings (SSSR count). The highest BCUT2D eigenvalue weighted by atomic mass is 16.5. The Morgan fingerprint density at radius 1 is 1.08 bits per heavy atom. The van der Waals surface area contributed by atoms with Crippen LogP contribution in [0.15, 0.2) is 48.5 Å². The number of benzene rings is 2. The molecule has 5 nitrogen and oxygen atoms in total. The van der Waals surface area contributed by atoms with Crippen LogP contribution in [0.1, 0.15) is 16.7 Å². The Hall–Kier alpha value is -3.26. The molecule has 0 bridgehead atoms. The van der Waals surface area contributed by atoms with E-state index in [1.165, 1.54) is 6.08 Å².